The highest BCUT2D eigenvalue weighted by Gasteiger charge is 2.48. The molecular formula is C11H14N2O5S. The van der Waals surface area contributed by atoms with Crippen molar-refractivity contribution in [3.63, 3.8) is 0 Å². The quantitative estimate of drug-likeness (QED) is 0.596. The summed E-state index contributed by atoms with van der Waals surface area (Å²) < 4.78 is 23.8. The van der Waals surface area contributed by atoms with Gasteiger partial charge >= 0.3 is 0 Å². The van der Waals surface area contributed by atoms with Crippen molar-refractivity contribution in [1.29, 1.82) is 0 Å². The number of hydrogen-bond acceptors (Lipinski definition) is 6. The first-order valence-corrected chi connectivity index (χ1v) is 7.56. The highest BCUT2D eigenvalue weighted by atomic mass is 32.2. The molecule has 1 atom stereocenters. The number of sulfone groups is 1. The van der Waals surface area contributed by atoms with Crippen LogP contribution in [-0.2, 0) is 9.84 Å². The van der Waals surface area contributed by atoms with Crippen LogP contribution in [0.5, 0.6) is 0 Å². The summed E-state index contributed by atoms with van der Waals surface area (Å²) in [7, 11) is -3.59. The van der Waals surface area contributed by atoms with Gasteiger partial charge in [-0.3, -0.25) is 10.1 Å². The highest BCUT2D eigenvalue weighted by Crippen LogP contribution is 2.36. The average Bonchev–Trinajstić information content (AvgIpc) is 2.25. The van der Waals surface area contributed by atoms with Crippen molar-refractivity contribution in [2.45, 2.75) is 10.9 Å². The Hall–Kier alpha value is -1.51. The Labute approximate surface area is 110 Å². The Morgan fingerprint density at radius 3 is 2.53 bits per heavy atom. The van der Waals surface area contributed by atoms with Crippen LogP contribution in [0.2, 0.25) is 0 Å². The van der Waals surface area contributed by atoms with Crippen LogP contribution in [-0.4, -0.2) is 43.4 Å². The van der Waals surface area contributed by atoms with E-state index in [0.717, 1.165) is 6.26 Å². The van der Waals surface area contributed by atoms with Crippen molar-refractivity contribution in [2.24, 2.45) is 0 Å². The monoisotopic (exact) mass is 286 g/mol. The van der Waals surface area contributed by atoms with E-state index in [9.17, 15) is 23.6 Å². The third-order valence-corrected chi connectivity index (χ3v) is 4.73. The predicted octanol–water partition coefficient (Wildman–Crippen LogP) is 0.0148. The number of nitro groups is 1. The number of aliphatic hydroxyl groups is 1. The molecule has 0 amide bonds. The maximum atomic E-state index is 11.9. The van der Waals surface area contributed by atoms with E-state index in [0.29, 0.717) is 0 Å². The number of nitro benzene ring substituents is 1. The summed E-state index contributed by atoms with van der Waals surface area (Å²) in [6, 6.07) is 5.38. The minimum absolute atomic E-state index is 0.146. The molecule has 1 heterocycles. The first kappa shape index (κ1) is 13.9. The van der Waals surface area contributed by atoms with E-state index < -0.39 is 25.6 Å². The first-order valence-electron chi connectivity index (χ1n) is 5.60. The lowest BCUT2D eigenvalue weighted by atomic mass is 9.88. The Balaban J connectivity index is 2.50. The lowest BCUT2D eigenvalue weighted by molar-refractivity contribution is -0.384. The Bertz CT molecular complexity index is 609. The van der Waals surface area contributed by atoms with Crippen molar-refractivity contribution in [3.05, 3.63) is 39.9 Å². The van der Waals surface area contributed by atoms with Crippen molar-refractivity contribution in [1.82, 2.24) is 5.32 Å². The Kier molecular flexibility index (Phi) is 3.33. The van der Waals surface area contributed by atoms with Crippen LogP contribution < -0.4 is 5.32 Å². The summed E-state index contributed by atoms with van der Waals surface area (Å²) in [5.74, 6) is 0. The molecule has 1 aromatic rings. The van der Waals surface area contributed by atoms with Crippen LogP contribution in [0.1, 0.15) is 10.8 Å². The zero-order valence-corrected chi connectivity index (χ0v) is 11.1. The molecule has 0 aliphatic carbocycles. The number of benzene rings is 1. The zero-order valence-electron chi connectivity index (χ0n) is 10.2. The van der Waals surface area contributed by atoms with E-state index in [1.165, 1.54) is 24.3 Å². The van der Waals surface area contributed by atoms with Gasteiger partial charge in [0.1, 0.15) is 10.9 Å². The lowest BCUT2D eigenvalue weighted by Crippen LogP contribution is -2.63. The molecule has 8 heteroatoms. The molecule has 0 aromatic heterocycles. The fourth-order valence-electron chi connectivity index (χ4n) is 2.32. The van der Waals surface area contributed by atoms with E-state index in [-0.39, 0.29) is 24.3 Å². The van der Waals surface area contributed by atoms with Crippen LogP contribution in [0, 0.1) is 10.1 Å². The largest absolute Gasteiger partial charge is 0.386 e. The summed E-state index contributed by atoms with van der Waals surface area (Å²) in [5.41, 5.74) is -1.37. The molecule has 104 valence electrons. The third kappa shape index (κ3) is 2.60. The van der Waals surface area contributed by atoms with Crippen molar-refractivity contribution in [2.75, 3.05) is 19.3 Å². The van der Waals surface area contributed by atoms with E-state index in [2.05, 4.69) is 5.32 Å². The summed E-state index contributed by atoms with van der Waals surface area (Å²) in [4.78, 5) is 10.1. The van der Waals surface area contributed by atoms with Gasteiger partial charge in [0.05, 0.1) is 4.92 Å². The van der Waals surface area contributed by atoms with Gasteiger partial charge in [0, 0.05) is 31.5 Å². The molecule has 0 radical (unpaired) electrons. The van der Waals surface area contributed by atoms with Gasteiger partial charge in [-0.25, -0.2) is 8.42 Å². The van der Waals surface area contributed by atoms with Crippen LogP contribution >= 0.6 is 0 Å². The molecule has 1 aromatic carbocycles. The molecule has 19 heavy (non-hydrogen) atoms. The molecule has 2 rings (SSSR count). The fourth-order valence-corrected chi connectivity index (χ4v) is 3.93. The van der Waals surface area contributed by atoms with Gasteiger partial charge in [0.15, 0.2) is 9.84 Å². The number of hydrogen-bond donors (Lipinski definition) is 2. The number of nitrogens with zero attached hydrogens (tertiary/aromatic N) is 1. The number of β-amino-alcohol motifs (C(OH)–C–C–N with tert-alkyl or cyclic N) is 1. The summed E-state index contributed by atoms with van der Waals surface area (Å²) in [6.07, 6.45) is 1.02. The molecule has 7 nitrogen and oxygen atoms in total. The van der Waals surface area contributed by atoms with E-state index in [4.69, 9.17) is 0 Å². The van der Waals surface area contributed by atoms with Crippen molar-refractivity contribution < 1.29 is 18.4 Å². The summed E-state index contributed by atoms with van der Waals surface area (Å²) >= 11 is 0. The van der Waals surface area contributed by atoms with Gasteiger partial charge in [-0.2, -0.15) is 0 Å². The van der Waals surface area contributed by atoms with Gasteiger partial charge in [-0.15, -0.1) is 0 Å². The lowest BCUT2D eigenvalue weighted by Gasteiger charge is -2.42. The van der Waals surface area contributed by atoms with Gasteiger partial charge in [0.2, 0.25) is 0 Å². The number of non-ortho nitro benzene ring substituents is 1. The normalized spacial score (nSPS) is 19.5. The maximum Gasteiger partial charge on any atom is 0.269 e. The minimum Gasteiger partial charge on any atom is -0.386 e. The highest BCUT2D eigenvalue weighted by molar-refractivity contribution is 7.91. The Morgan fingerprint density at radius 2 is 2.11 bits per heavy atom. The van der Waals surface area contributed by atoms with Gasteiger partial charge < -0.3 is 10.4 Å². The van der Waals surface area contributed by atoms with Gasteiger partial charge in [0.25, 0.3) is 5.69 Å². The van der Waals surface area contributed by atoms with Crippen LogP contribution in [0.3, 0.4) is 0 Å². The smallest absolute Gasteiger partial charge is 0.269 e. The minimum atomic E-state index is -3.59. The molecule has 0 bridgehead atoms. The van der Waals surface area contributed by atoms with E-state index >= 15 is 0 Å². The summed E-state index contributed by atoms with van der Waals surface area (Å²) in [6.45, 7) is 0.293. The molecule has 1 saturated heterocycles. The molecule has 1 aliphatic rings. The van der Waals surface area contributed by atoms with Crippen molar-refractivity contribution in [3.8, 4) is 0 Å². The van der Waals surface area contributed by atoms with Crippen LogP contribution in [0.15, 0.2) is 24.3 Å². The molecule has 0 spiro atoms. The van der Waals surface area contributed by atoms with Crippen molar-refractivity contribution >= 4 is 15.5 Å². The predicted molar refractivity (Wildman–Crippen MR) is 68.5 cm³/mol. The SMILES string of the molecule is CS(=O)(=O)C(c1cccc([N+](=O)[O-])c1)C1(O)CNC1. The maximum absolute atomic E-state index is 11.9. The second-order valence-electron chi connectivity index (χ2n) is 4.77. The summed E-state index contributed by atoms with van der Waals surface area (Å²) in [5, 5.41) is 22.7. The number of rotatable bonds is 4. The molecule has 0 saturated carbocycles. The zero-order chi connectivity index (χ0) is 14.3. The van der Waals surface area contributed by atoms with Gasteiger partial charge in [-0.05, 0) is 5.56 Å². The molecular weight excluding hydrogens is 272 g/mol. The van der Waals surface area contributed by atoms with E-state index in [1.54, 1.807) is 0 Å². The van der Waals surface area contributed by atoms with Gasteiger partial charge in [-0.1, -0.05) is 12.1 Å². The standard InChI is InChI=1S/C11H14N2O5S/c1-19(17,18)10(11(14)6-12-7-11)8-3-2-4-9(5-8)13(15)16/h2-5,10,12,14H,6-7H2,1H3. The fraction of sp³-hybridized carbons (Fsp3) is 0.455. The van der Waals surface area contributed by atoms with Crippen LogP contribution in [0.4, 0.5) is 5.69 Å². The second-order valence-corrected chi connectivity index (χ2v) is 6.90. The van der Waals surface area contributed by atoms with E-state index in [1.807, 2.05) is 0 Å². The first-order chi connectivity index (χ1) is 8.74. The molecule has 1 unspecified atom stereocenters. The molecule has 2 N–H and O–H groups in total. The molecule has 1 aliphatic heterocycles. The topological polar surface area (TPSA) is 110 Å². The average molecular weight is 286 g/mol. The Morgan fingerprint density at radius 1 is 1.47 bits per heavy atom. The molecule has 1 fully saturated rings. The number of nitrogens with one attached hydrogen (secondary N) is 1. The second kappa shape index (κ2) is 4.55. The third-order valence-electron chi connectivity index (χ3n) is 3.16. The van der Waals surface area contributed by atoms with Crippen LogP contribution in [0.25, 0.3) is 0 Å².